The van der Waals surface area contributed by atoms with E-state index in [9.17, 15) is 18.0 Å². The van der Waals surface area contributed by atoms with Crippen LogP contribution in [0.3, 0.4) is 0 Å². The van der Waals surface area contributed by atoms with Gasteiger partial charge in [-0.2, -0.15) is 5.10 Å². The fourth-order valence-electron chi connectivity index (χ4n) is 3.03. The number of amides is 1. The van der Waals surface area contributed by atoms with Crippen molar-refractivity contribution < 1.29 is 13.2 Å². The molecule has 1 aliphatic rings. The van der Waals surface area contributed by atoms with Gasteiger partial charge in [-0.15, -0.1) is 0 Å². The van der Waals surface area contributed by atoms with E-state index in [-0.39, 0.29) is 11.7 Å². The minimum absolute atomic E-state index is 0.154. The lowest BCUT2D eigenvalue weighted by molar-refractivity contribution is 0.102. The third kappa shape index (κ3) is 3.31. The maximum atomic E-state index is 12.4. The number of sulfonamides is 1. The van der Waals surface area contributed by atoms with Crippen LogP contribution in [0.4, 0.5) is 11.4 Å². The number of nitrogens with zero attached hydrogens (tertiary/aromatic N) is 3. The van der Waals surface area contributed by atoms with Crippen LogP contribution in [0.25, 0.3) is 5.65 Å². The zero-order valence-electron chi connectivity index (χ0n) is 14.3. The molecule has 1 aliphatic heterocycles. The number of nitrogens with one attached hydrogen (secondary N) is 2. The standard InChI is InChI=1S/C17H17N5O4S/c23-16(12-3-8-15-19-20-17(24)21(15)11-12)18-13-4-6-14(7-5-13)22-9-1-2-10-27(22,25)26/h3-8,11H,1-2,9-10H2,(H,18,23)(H,20,24). The van der Waals surface area contributed by atoms with E-state index < -0.39 is 15.7 Å². The summed E-state index contributed by atoms with van der Waals surface area (Å²) in [6.07, 6.45) is 2.91. The molecule has 1 saturated heterocycles. The molecular formula is C17H17N5O4S. The molecule has 9 nitrogen and oxygen atoms in total. The molecule has 0 unspecified atom stereocenters. The van der Waals surface area contributed by atoms with Gasteiger partial charge in [-0.25, -0.2) is 22.7 Å². The Morgan fingerprint density at radius 2 is 1.89 bits per heavy atom. The Bertz CT molecular complexity index is 1160. The third-order valence-electron chi connectivity index (χ3n) is 4.44. The molecule has 3 aromatic rings. The Morgan fingerprint density at radius 1 is 1.11 bits per heavy atom. The average Bonchev–Trinajstić information content (AvgIpc) is 3.03. The SMILES string of the molecule is O=C(Nc1ccc(N2CCCCS2(=O)=O)cc1)c1ccc2n[nH]c(=O)n2c1. The Morgan fingerprint density at radius 3 is 2.63 bits per heavy atom. The van der Waals surface area contributed by atoms with E-state index >= 15 is 0 Å². The van der Waals surface area contributed by atoms with Crippen LogP contribution in [0.5, 0.6) is 0 Å². The van der Waals surface area contributed by atoms with Crippen LogP contribution >= 0.6 is 0 Å². The monoisotopic (exact) mass is 387 g/mol. The van der Waals surface area contributed by atoms with Crippen LogP contribution < -0.4 is 15.3 Å². The number of hydrogen-bond acceptors (Lipinski definition) is 5. The highest BCUT2D eigenvalue weighted by Crippen LogP contribution is 2.25. The summed E-state index contributed by atoms with van der Waals surface area (Å²) in [5.41, 5.74) is 1.40. The van der Waals surface area contributed by atoms with Gasteiger partial charge in [-0.1, -0.05) is 0 Å². The van der Waals surface area contributed by atoms with Gasteiger partial charge in [0.2, 0.25) is 10.0 Å². The summed E-state index contributed by atoms with van der Waals surface area (Å²) in [5, 5.41) is 8.85. The molecule has 140 valence electrons. The number of fused-ring (bicyclic) bond motifs is 1. The lowest BCUT2D eigenvalue weighted by Crippen LogP contribution is -2.37. The molecule has 4 rings (SSSR count). The number of carbonyl (C=O) groups is 1. The molecule has 0 bridgehead atoms. The number of H-pyrrole nitrogens is 1. The fraction of sp³-hybridized carbons (Fsp3) is 0.235. The van der Waals surface area contributed by atoms with Crippen LogP contribution in [0.15, 0.2) is 47.4 Å². The summed E-state index contributed by atoms with van der Waals surface area (Å²) in [5.74, 6) is -0.232. The van der Waals surface area contributed by atoms with Gasteiger partial charge in [-0.05, 0) is 49.2 Å². The van der Waals surface area contributed by atoms with Crippen molar-refractivity contribution in [3.8, 4) is 0 Å². The summed E-state index contributed by atoms with van der Waals surface area (Å²) in [4.78, 5) is 24.0. The van der Waals surface area contributed by atoms with Gasteiger partial charge in [0.15, 0.2) is 5.65 Å². The first kappa shape index (κ1) is 17.3. The van der Waals surface area contributed by atoms with Crippen LogP contribution in [-0.2, 0) is 10.0 Å². The summed E-state index contributed by atoms with van der Waals surface area (Å²) in [6.45, 7) is 0.466. The highest BCUT2D eigenvalue weighted by Gasteiger charge is 2.25. The maximum absolute atomic E-state index is 12.4. The number of carbonyl (C=O) groups excluding carboxylic acids is 1. The predicted octanol–water partition coefficient (Wildman–Crippen LogP) is 1.20. The topological polar surface area (TPSA) is 117 Å². The smallest absolute Gasteiger partial charge is 0.322 e. The number of rotatable bonds is 3. The number of aromatic amines is 1. The molecule has 0 aliphatic carbocycles. The van der Waals surface area contributed by atoms with Gasteiger partial charge in [0, 0.05) is 18.4 Å². The zero-order chi connectivity index (χ0) is 19.0. The molecule has 0 saturated carbocycles. The molecule has 1 fully saturated rings. The van der Waals surface area contributed by atoms with Crippen molar-refractivity contribution in [1.82, 2.24) is 14.6 Å². The maximum Gasteiger partial charge on any atom is 0.347 e. The van der Waals surface area contributed by atoms with Crippen molar-refractivity contribution >= 4 is 33.0 Å². The minimum atomic E-state index is -3.27. The molecule has 10 heteroatoms. The summed E-state index contributed by atoms with van der Waals surface area (Å²) < 4.78 is 27.0. The molecule has 0 radical (unpaired) electrons. The number of benzene rings is 1. The first-order chi connectivity index (χ1) is 12.9. The van der Waals surface area contributed by atoms with Crippen LogP contribution in [0, 0.1) is 0 Å². The van der Waals surface area contributed by atoms with Crippen molar-refractivity contribution in [1.29, 1.82) is 0 Å². The number of aromatic nitrogens is 3. The molecule has 0 spiro atoms. The van der Waals surface area contributed by atoms with Crippen molar-refractivity contribution in [2.75, 3.05) is 21.9 Å². The Kier molecular flexibility index (Phi) is 4.19. The van der Waals surface area contributed by atoms with E-state index in [0.29, 0.717) is 35.6 Å². The van der Waals surface area contributed by atoms with Crippen molar-refractivity contribution in [2.24, 2.45) is 0 Å². The second kappa shape index (κ2) is 6.54. The normalized spacial score (nSPS) is 16.4. The summed E-state index contributed by atoms with van der Waals surface area (Å²) in [6, 6.07) is 9.78. The molecule has 27 heavy (non-hydrogen) atoms. The molecule has 1 aromatic carbocycles. The number of pyridine rings is 1. The average molecular weight is 387 g/mol. The Balaban J connectivity index is 1.53. The summed E-state index contributed by atoms with van der Waals surface area (Å²) >= 11 is 0. The quantitative estimate of drug-likeness (QED) is 0.700. The zero-order valence-corrected chi connectivity index (χ0v) is 15.1. The number of hydrogen-bond donors (Lipinski definition) is 2. The second-order valence-corrected chi connectivity index (χ2v) is 8.28. The van der Waals surface area contributed by atoms with Crippen LogP contribution in [0.2, 0.25) is 0 Å². The van der Waals surface area contributed by atoms with Crippen molar-refractivity contribution in [3.05, 3.63) is 58.6 Å². The van der Waals surface area contributed by atoms with E-state index in [1.165, 1.54) is 14.9 Å². The molecule has 3 heterocycles. The second-order valence-electron chi connectivity index (χ2n) is 6.27. The third-order valence-corrected chi connectivity index (χ3v) is 6.31. The van der Waals surface area contributed by atoms with E-state index in [1.807, 2.05) is 0 Å². The van der Waals surface area contributed by atoms with Gasteiger partial charge in [0.1, 0.15) is 0 Å². The molecule has 2 N–H and O–H groups in total. The minimum Gasteiger partial charge on any atom is -0.322 e. The van der Waals surface area contributed by atoms with Gasteiger partial charge >= 0.3 is 5.69 Å². The largest absolute Gasteiger partial charge is 0.347 e. The van der Waals surface area contributed by atoms with Gasteiger partial charge in [0.25, 0.3) is 5.91 Å². The fourth-order valence-corrected chi connectivity index (χ4v) is 4.67. The van der Waals surface area contributed by atoms with E-state index in [2.05, 4.69) is 15.5 Å². The van der Waals surface area contributed by atoms with E-state index in [1.54, 1.807) is 36.4 Å². The van der Waals surface area contributed by atoms with Crippen LogP contribution in [-0.4, -0.2) is 41.2 Å². The Labute approximate surface area is 154 Å². The predicted molar refractivity (Wildman–Crippen MR) is 101 cm³/mol. The molecule has 2 aromatic heterocycles. The first-order valence-electron chi connectivity index (χ1n) is 8.43. The van der Waals surface area contributed by atoms with Gasteiger partial charge in [0.05, 0.1) is 17.0 Å². The highest BCUT2D eigenvalue weighted by molar-refractivity contribution is 7.92. The van der Waals surface area contributed by atoms with Crippen LogP contribution in [0.1, 0.15) is 23.2 Å². The van der Waals surface area contributed by atoms with E-state index in [0.717, 1.165) is 6.42 Å². The lowest BCUT2D eigenvalue weighted by Gasteiger charge is -2.28. The molecule has 1 amide bonds. The first-order valence-corrected chi connectivity index (χ1v) is 10.0. The lowest BCUT2D eigenvalue weighted by atomic mass is 10.2. The number of anilines is 2. The van der Waals surface area contributed by atoms with Crippen molar-refractivity contribution in [2.45, 2.75) is 12.8 Å². The van der Waals surface area contributed by atoms with Crippen molar-refractivity contribution in [3.63, 3.8) is 0 Å². The highest BCUT2D eigenvalue weighted by atomic mass is 32.2. The van der Waals surface area contributed by atoms with E-state index in [4.69, 9.17) is 0 Å². The molecule has 0 atom stereocenters. The van der Waals surface area contributed by atoms with Gasteiger partial charge < -0.3 is 5.32 Å². The molecular weight excluding hydrogens is 370 g/mol. The summed E-state index contributed by atoms with van der Waals surface area (Å²) in [7, 11) is -3.27. The Hall–Kier alpha value is -3.14. The van der Waals surface area contributed by atoms with Gasteiger partial charge in [-0.3, -0.25) is 9.10 Å².